The van der Waals surface area contributed by atoms with E-state index < -0.39 is 0 Å². The zero-order valence-electron chi connectivity index (χ0n) is 17.1. The summed E-state index contributed by atoms with van der Waals surface area (Å²) >= 11 is 0. The van der Waals surface area contributed by atoms with Gasteiger partial charge in [0.15, 0.2) is 0 Å². The van der Waals surface area contributed by atoms with Gasteiger partial charge in [-0.05, 0) is 42.0 Å². The lowest BCUT2D eigenvalue weighted by Crippen LogP contribution is -2.14. The quantitative estimate of drug-likeness (QED) is 0.444. The number of hydrogen-bond donors (Lipinski definition) is 2. The first-order valence-corrected chi connectivity index (χ1v) is 9.87. The van der Waals surface area contributed by atoms with Crippen LogP contribution in [0.3, 0.4) is 0 Å². The summed E-state index contributed by atoms with van der Waals surface area (Å²) in [4.78, 5) is 20.9. The van der Waals surface area contributed by atoms with Gasteiger partial charge >= 0.3 is 0 Å². The molecule has 6 heteroatoms. The van der Waals surface area contributed by atoms with Gasteiger partial charge in [-0.1, -0.05) is 42.5 Å². The normalized spacial score (nSPS) is 10.4. The number of anilines is 3. The Morgan fingerprint density at radius 3 is 2.29 bits per heavy atom. The third kappa shape index (κ3) is 5.45. The molecule has 0 aliphatic carbocycles. The molecule has 0 spiro atoms. The molecule has 4 rings (SSSR count). The molecule has 0 saturated heterocycles. The SMILES string of the molecule is COc1ccc(CC(=O)Nc2ccc(Nc3cc(-c4ccccc4)ncn3)cc2)cc1. The van der Waals surface area contributed by atoms with Gasteiger partial charge in [0.25, 0.3) is 0 Å². The molecule has 2 N–H and O–H groups in total. The molecule has 31 heavy (non-hydrogen) atoms. The van der Waals surface area contributed by atoms with Gasteiger partial charge in [0, 0.05) is 23.0 Å². The highest BCUT2D eigenvalue weighted by molar-refractivity contribution is 5.92. The zero-order valence-corrected chi connectivity index (χ0v) is 17.1. The van der Waals surface area contributed by atoms with Crippen LogP contribution in [0, 0.1) is 0 Å². The van der Waals surface area contributed by atoms with Crippen LogP contribution in [0.25, 0.3) is 11.3 Å². The van der Waals surface area contributed by atoms with Crippen LogP contribution in [-0.2, 0) is 11.2 Å². The van der Waals surface area contributed by atoms with Gasteiger partial charge < -0.3 is 15.4 Å². The van der Waals surface area contributed by atoms with E-state index in [4.69, 9.17) is 4.74 Å². The molecular weight excluding hydrogens is 388 g/mol. The topological polar surface area (TPSA) is 76.1 Å². The van der Waals surface area contributed by atoms with E-state index in [-0.39, 0.29) is 5.91 Å². The van der Waals surface area contributed by atoms with Crippen molar-refractivity contribution in [3.63, 3.8) is 0 Å². The molecule has 0 bridgehead atoms. The Balaban J connectivity index is 1.36. The fourth-order valence-corrected chi connectivity index (χ4v) is 3.11. The van der Waals surface area contributed by atoms with Gasteiger partial charge in [-0.25, -0.2) is 9.97 Å². The van der Waals surface area contributed by atoms with Crippen LogP contribution in [-0.4, -0.2) is 23.0 Å². The predicted octanol–water partition coefficient (Wildman–Crippen LogP) is 5.08. The van der Waals surface area contributed by atoms with E-state index in [9.17, 15) is 4.79 Å². The van der Waals surface area contributed by atoms with Gasteiger partial charge in [0.2, 0.25) is 5.91 Å². The van der Waals surface area contributed by atoms with Crippen LogP contribution in [0.15, 0.2) is 91.3 Å². The average molecular weight is 410 g/mol. The highest BCUT2D eigenvalue weighted by atomic mass is 16.5. The smallest absolute Gasteiger partial charge is 0.228 e. The van der Waals surface area contributed by atoms with Crippen molar-refractivity contribution in [2.24, 2.45) is 0 Å². The van der Waals surface area contributed by atoms with Crippen molar-refractivity contribution < 1.29 is 9.53 Å². The first-order valence-electron chi connectivity index (χ1n) is 9.87. The van der Waals surface area contributed by atoms with Crippen LogP contribution < -0.4 is 15.4 Å². The van der Waals surface area contributed by atoms with Gasteiger partial charge in [-0.3, -0.25) is 4.79 Å². The van der Waals surface area contributed by atoms with Gasteiger partial charge in [0.1, 0.15) is 17.9 Å². The van der Waals surface area contributed by atoms with E-state index in [1.165, 1.54) is 0 Å². The van der Waals surface area contributed by atoms with Crippen molar-refractivity contribution in [2.45, 2.75) is 6.42 Å². The Bertz CT molecular complexity index is 1140. The first-order chi connectivity index (χ1) is 15.2. The molecule has 6 nitrogen and oxygen atoms in total. The van der Waals surface area contributed by atoms with Gasteiger partial charge in [-0.15, -0.1) is 0 Å². The number of carbonyl (C=O) groups is 1. The molecule has 1 heterocycles. The molecule has 0 unspecified atom stereocenters. The number of methoxy groups -OCH3 is 1. The van der Waals surface area contributed by atoms with E-state index in [0.29, 0.717) is 12.2 Å². The summed E-state index contributed by atoms with van der Waals surface area (Å²) in [6.07, 6.45) is 1.84. The van der Waals surface area contributed by atoms with Crippen LogP contribution in [0.1, 0.15) is 5.56 Å². The predicted molar refractivity (Wildman–Crippen MR) is 123 cm³/mol. The minimum Gasteiger partial charge on any atom is -0.497 e. The Morgan fingerprint density at radius 1 is 0.871 bits per heavy atom. The molecule has 0 saturated carbocycles. The van der Waals surface area contributed by atoms with Gasteiger partial charge in [0.05, 0.1) is 19.2 Å². The second-order valence-corrected chi connectivity index (χ2v) is 6.93. The van der Waals surface area contributed by atoms with E-state index in [2.05, 4.69) is 20.6 Å². The summed E-state index contributed by atoms with van der Waals surface area (Å²) in [5.41, 5.74) is 4.40. The minimum atomic E-state index is -0.0748. The lowest BCUT2D eigenvalue weighted by atomic mass is 10.1. The van der Waals surface area contributed by atoms with Crippen molar-refractivity contribution in [1.82, 2.24) is 9.97 Å². The maximum Gasteiger partial charge on any atom is 0.228 e. The number of rotatable bonds is 7. The number of nitrogens with zero attached hydrogens (tertiary/aromatic N) is 2. The lowest BCUT2D eigenvalue weighted by molar-refractivity contribution is -0.115. The molecule has 3 aromatic carbocycles. The molecule has 4 aromatic rings. The number of aromatic nitrogens is 2. The van der Waals surface area contributed by atoms with E-state index >= 15 is 0 Å². The summed E-state index contributed by atoms with van der Waals surface area (Å²) < 4.78 is 5.14. The monoisotopic (exact) mass is 410 g/mol. The number of ether oxygens (including phenoxy) is 1. The van der Waals surface area contributed by atoms with Crippen molar-refractivity contribution in [1.29, 1.82) is 0 Å². The van der Waals surface area contributed by atoms with Crippen molar-refractivity contribution in [2.75, 3.05) is 17.7 Å². The van der Waals surface area contributed by atoms with E-state index in [1.54, 1.807) is 13.4 Å². The molecule has 0 aliphatic rings. The second-order valence-electron chi connectivity index (χ2n) is 6.93. The third-order valence-corrected chi connectivity index (χ3v) is 4.70. The molecule has 0 fully saturated rings. The van der Waals surface area contributed by atoms with Crippen LogP contribution in [0.4, 0.5) is 17.2 Å². The number of carbonyl (C=O) groups excluding carboxylic acids is 1. The van der Waals surface area contributed by atoms with E-state index in [0.717, 1.165) is 33.9 Å². The Labute approximate surface area is 181 Å². The maximum absolute atomic E-state index is 12.3. The third-order valence-electron chi connectivity index (χ3n) is 4.70. The lowest BCUT2D eigenvalue weighted by Gasteiger charge is -2.09. The van der Waals surface area contributed by atoms with Crippen molar-refractivity contribution >= 4 is 23.1 Å². The van der Waals surface area contributed by atoms with Crippen molar-refractivity contribution in [3.05, 3.63) is 96.8 Å². The summed E-state index contributed by atoms with van der Waals surface area (Å²) in [6.45, 7) is 0. The minimum absolute atomic E-state index is 0.0748. The van der Waals surface area contributed by atoms with Crippen LogP contribution in [0.5, 0.6) is 5.75 Å². The number of hydrogen-bond acceptors (Lipinski definition) is 5. The average Bonchev–Trinajstić information content (AvgIpc) is 2.82. The molecule has 0 aliphatic heterocycles. The Morgan fingerprint density at radius 2 is 1.58 bits per heavy atom. The first kappa shape index (κ1) is 20.1. The number of amides is 1. The standard InChI is InChI=1S/C25H22N4O2/c1-31-22-13-7-18(8-14-22)15-25(30)29-21-11-9-20(10-12-21)28-24-16-23(26-17-27-24)19-5-3-2-4-6-19/h2-14,16-17H,15H2,1H3,(H,29,30)(H,26,27,28). The summed E-state index contributed by atoms with van der Waals surface area (Å²) in [7, 11) is 1.62. The zero-order chi connectivity index (χ0) is 21.5. The van der Waals surface area contributed by atoms with Crippen LogP contribution in [0.2, 0.25) is 0 Å². The van der Waals surface area contributed by atoms with E-state index in [1.807, 2.05) is 84.9 Å². The molecule has 1 aromatic heterocycles. The highest BCUT2D eigenvalue weighted by Crippen LogP contribution is 2.22. The highest BCUT2D eigenvalue weighted by Gasteiger charge is 2.06. The maximum atomic E-state index is 12.3. The largest absolute Gasteiger partial charge is 0.497 e. The number of benzene rings is 3. The van der Waals surface area contributed by atoms with Crippen molar-refractivity contribution in [3.8, 4) is 17.0 Å². The molecular formula is C25H22N4O2. The summed E-state index contributed by atoms with van der Waals surface area (Å²) in [5.74, 6) is 1.39. The fourth-order valence-electron chi connectivity index (χ4n) is 3.11. The second kappa shape index (κ2) is 9.54. The van der Waals surface area contributed by atoms with Crippen LogP contribution >= 0.6 is 0 Å². The Hall–Kier alpha value is -4.19. The molecule has 0 atom stereocenters. The number of nitrogens with one attached hydrogen (secondary N) is 2. The summed E-state index contributed by atoms with van der Waals surface area (Å²) in [5, 5.41) is 6.19. The summed E-state index contributed by atoms with van der Waals surface area (Å²) in [6, 6.07) is 26.8. The molecule has 0 radical (unpaired) electrons. The fraction of sp³-hybridized carbons (Fsp3) is 0.0800. The molecule has 154 valence electrons. The Kier molecular flexibility index (Phi) is 6.18. The van der Waals surface area contributed by atoms with Gasteiger partial charge in [-0.2, -0.15) is 0 Å². The molecule has 1 amide bonds.